The smallest absolute Gasteiger partial charge is 0.327 e. The minimum Gasteiger partial charge on any atom is -0.451 e. The lowest BCUT2D eigenvalue weighted by Crippen LogP contribution is -2.54. The summed E-state index contributed by atoms with van der Waals surface area (Å²) in [4.78, 5) is 51.3. The first-order valence-electron chi connectivity index (χ1n) is 10.6. The van der Waals surface area contributed by atoms with Crippen molar-refractivity contribution < 1.29 is 23.9 Å². The normalized spacial score (nSPS) is 25.8. The van der Waals surface area contributed by atoms with E-state index in [0.717, 1.165) is 16.9 Å². The summed E-state index contributed by atoms with van der Waals surface area (Å²) in [6, 6.07) is 6.65. The van der Waals surface area contributed by atoms with Gasteiger partial charge in [0.15, 0.2) is 6.10 Å². The molecule has 8 nitrogen and oxygen atoms in total. The molecular weight excluding hydrogens is 398 g/mol. The van der Waals surface area contributed by atoms with Gasteiger partial charge in [-0.05, 0) is 62.1 Å². The first-order chi connectivity index (χ1) is 14.4. The number of benzene rings is 1. The van der Waals surface area contributed by atoms with Crippen molar-refractivity contribution in [2.75, 3.05) is 11.9 Å². The number of carbonyl (C=O) groups excluding carboxylic acids is 4. The number of aryl methyl sites for hydroxylation is 1. The van der Waals surface area contributed by atoms with Crippen LogP contribution in [0.2, 0.25) is 0 Å². The van der Waals surface area contributed by atoms with Crippen LogP contribution in [-0.4, -0.2) is 46.9 Å². The average Bonchev–Trinajstić information content (AvgIpc) is 2.83. The van der Waals surface area contributed by atoms with E-state index in [0.29, 0.717) is 18.5 Å². The van der Waals surface area contributed by atoms with Gasteiger partial charge in [0.1, 0.15) is 12.1 Å². The van der Waals surface area contributed by atoms with E-state index in [4.69, 9.17) is 4.74 Å². The molecule has 0 unspecified atom stereocenters. The number of esters is 1. The van der Waals surface area contributed by atoms with E-state index in [1.807, 2.05) is 19.1 Å². The summed E-state index contributed by atoms with van der Waals surface area (Å²) in [5, 5.41) is 5.51. The molecule has 168 valence electrons. The Balaban J connectivity index is 1.60. The lowest BCUT2D eigenvalue weighted by atomic mass is 9.64. The lowest BCUT2D eigenvalue weighted by Gasteiger charge is -2.43. The Morgan fingerprint density at radius 2 is 2.00 bits per heavy atom. The molecule has 3 rings (SSSR count). The molecule has 1 aromatic carbocycles. The highest BCUT2D eigenvalue weighted by atomic mass is 16.5. The van der Waals surface area contributed by atoms with Crippen LogP contribution in [0.25, 0.3) is 0 Å². The first kappa shape index (κ1) is 22.8. The van der Waals surface area contributed by atoms with Crippen molar-refractivity contribution in [3.8, 4) is 0 Å². The summed E-state index contributed by atoms with van der Waals surface area (Å²) in [5.74, 6) is -1.43. The Labute approximate surface area is 182 Å². The van der Waals surface area contributed by atoms with E-state index in [9.17, 15) is 19.2 Å². The maximum Gasteiger partial charge on any atom is 0.327 e. The van der Waals surface area contributed by atoms with Crippen LogP contribution in [0, 0.1) is 18.3 Å². The number of hydrogen-bond acceptors (Lipinski definition) is 5. The van der Waals surface area contributed by atoms with E-state index < -0.39 is 42.0 Å². The number of anilines is 1. The molecule has 0 aromatic heterocycles. The molecule has 0 radical (unpaired) electrons. The minimum absolute atomic E-state index is 0.0977. The standard InChI is InChI=1S/C23H31N3O5/c1-14-7-6-8-17(9-14)24-19(28)16(3)31-18(27)12-26-20(29)23(25-21(26)30)11-15(2)10-22(4,5)13-23/h6-9,15-16H,10-13H2,1-5H3,(H,24,28)(H,25,30)/t15-,16+,23-/m1/s1. The minimum atomic E-state index is -1.07. The highest BCUT2D eigenvalue weighted by Crippen LogP contribution is 2.46. The highest BCUT2D eigenvalue weighted by molar-refractivity contribution is 6.09. The van der Waals surface area contributed by atoms with Gasteiger partial charge in [-0.15, -0.1) is 0 Å². The number of carbonyl (C=O) groups is 4. The molecule has 2 fully saturated rings. The number of imide groups is 1. The fourth-order valence-electron chi connectivity index (χ4n) is 5.03. The predicted molar refractivity (Wildman–Crippen MR) is 115 cm³/mol. The molecule has 1 aromatic rings. The van der Waals surface area contributed by atoms with E-state index in [-0.39, 0.29) is 11.3 Å². The third-order valence-corrected chi connectivity index (χ3v) is 5.87. The summed E-state index contributed by atoms with van der Waals surface area (Å²) in [6.45, 7) is 9.04. The molecule has 31 heavy (non-hydrogen) atoms. The molecule has 0 bridgehead atoms. The van der Waals surface area contributed by atoms with Crippen LogP contribution in [0.1, 0.15) is 52.5 Å². The monoisotopic (exact) mass is 429 g/mol. The van der Waals surface area contributed by atoms with Crippen molar-refractivity contribution in [1.82, 2.24) is 10.2 Å². The number of amides is 4. The van der Waals surface area contributed by atoms with Crippen LogP contribution in [-0.2, 0) is 19.1 Å². The largest absolute Gasteiger partial charge is 0.451 e. The zero-order valence-electron chi connectivity index (χ0n) is 18.8. The molecular formula is C23H31N3O5. The van der Waals surface area contributed by atoms with Crippen molar-refractivity contribution in [2.45, 2.75) is 65.5 Å². The fourth-order valence-corrected chi connectivity index (χ4v) is 5.03. The number of urea groups is 1. The Morgan fingerprint density at radius 1 is 1.29 bits per heavy atom. The van der Waals surface area contributed by atoms with E-state index in [1.54, 1.807) is 12.1 Å². The summed E-state index contributed by atoms with van der Waals surface area (Å²) < 4.78 is 5.19. The van der Waals surface area contributed by atoms with Gasteiger partial charge in [-0.25, -0.2) is 4.79 Å². The average molecular weight is 430 g/mol. The highest BCUT2D eigenvalue weighted by Gasteiger charge is 2.56. The van der Waals surface area contributed by atoms with Crippen molar-refractivity contribution >= 4 is 29.5 Å². The lowest BCUT2D eigenvalue weighted by molar-refractivity contribution is -0.155. The third kappa shape index (κ3) is 5.06. The van der Waals surface area contributed by atoms with Crippen LogP contribution in [0.5, 0.6) is 0 Å². The van der Waals surface area contributed by atoms with Crippen molar-refractivity contribution in [3.05, 3.63) is 29.8 Å². The quantitative estimate of drug-likeness (QED) is 0.553. The van der Waals surface area contributed by atoms with Gasteiger partial charge in [-0.2, -0.15) is 0 Å². The van der Waals surface area contributed by atoms with Crippen LogP contribution in [0.4, 0.5) is 10.5 Å². The van der Waals surface area contributed by atoms with Crippen LogP contribution in [0.15, 0.2) is 24.3 Å². The number of rotatable bonds is 5. The second-order valence-electron chi connectivity index (χ2n) is 9.75. The van der Waals surface area contributed by atoms with E-state index >= 15 is 0 Å². The van der Waals surface area contributed by atoms with E-state index in [1.165, 1.54) is 6.92 Å². The van der Waals surface area contributed by atoms with Crippen molar-refractivity contribution in [1.29, 1.82) is 0 Å². The summed E-state index contributed by atoms with van der Waals surface area (Å²) in [7, 11) is 0. The number of hydrogen-bond donors (Lipinski definition) is 2. The summed E-state index contributed by atoms with van der Waals surface area (Å²) in [5.41, 5.74) is 0.500. The first-order valence-corrected chi connectivity index (χ1v) is 10.6. The molecule has 3 atom stereocenters. The van der Waals surface area contributed by atoms with Gasteiger partial charge < -0.3 is 15.4 Å². The second kappa shape index (κ2) is 8.32. The van der Waals surface area contributed by atoms with Gasteiger partial charge in [0.2, 0.25) is 0 Å². The van der Waals surface area contributed by atoms with Gasteiger partial charge in [0.05, 0.1) is 0 Å². The van der Waals surface area contributed by atoms with Crippen LogP contribution in [0.3, 0.4) is 0 Å². The van der Waals surface area contributed by atoms with Gasteiger partial charge in [-0.1, -0.05) is 32.9 Å². The SMILES string of the molecule is Cc1cccc(NC(=O)[C@H](C)OC(=O)CN2C(=O)N[C@@]3(C[C@H](C)CC(C)(C)C3)C2=O)c1. The summed E-state index contributed by atoms with van der Waals surface area (Å²) in [6.07, 6.45) is 0.960. The molecule has 1 heterocycles. The molecule has 1 saturated carbocycles. The van der Waals surface area contributed by atoms with Crippen LogP contribution >= 0.6 is 0 Å². The molecule has 1 aliphatic heterocycles. The molecule has 4 amide bonds. The molecule has 1 saturated heterocycles. The van der Waals surface area contributed by atoms with Crippen molar-refractivity contribution in [2.24, 2.45) is 11.3 Å². The number of ether oxygens (including phenoxy) is 1. The van der Waals surface area contributed by atoms with E-state index in [2.05, 4.69) is 31.4 Å². The number of nitrogens with one attached hydrogen (secondary N) is 2. The van der Waals surface area contributed by atoms with Gasteiger partial charge >= 0.3 is 12.0 Å². The third-order valence-electron chi connectivity index (χ3n) is 5.87. The zero-order chi connectivity index (χ0) is 23.0. The van der Waals surface area contributed by atoms with Crippen LogP contribution < -0.4 is 10.6 Å². The molecule has 1 spiro atoms. The van der Waals surface area contributed by atoms with Gasteiger partial charge in [-0.3, -0.25) is 19.3 Å². The van der Waals surface area contributed by atoms with Gasteiger partial charge in [0, 0.05) is 5.69 Å². The summed E-state index contributed by atoms with van der Waals surface area (Å²) >= 11 is 0. The Hall–Kier alpha value is -2.90. The Kier molecular flexibility index (Phi) is 6.11. The maximum atomic E-state index is 13.1. The number of nitrogens with zero attached hydrogens (tertiary/aromatic N) is 1. The maximum absolute atomic E-state index is 13.1. The Morgan fingerprint density at radius 3 is 2.65 bits per heavy atom. The van der Waals surface area contributed by atoms with Gasteiger partial charge in [0.25, 0.3) is 11.8 Å². The fraction of sp³-hybridized carbons (Fsp3) is 0.565. The second-order valence-corrected chi connectivity index (χ2v) is 9.75. The topological polar surface area (TPSA) is 105 Å². The molecule has 1 aliphatic carbocycles. The molecule has 8 heteroatoms. The molecule has 2 N–H and O–H groups in total. The van der Waals surface area contributed by atoms with Crippen molar-refractivity contribution in [3.63, 3.8) is 0 Å². The molecule has 2 aliphatic rings. The predicted octanol–water partition coefficient (Wildman–Crippen LogP) is 3.00. The zero-order valence-corrected chi connectivity index (χ0v) is 18.8. The Bertz CT molecular complexity index is 912.